The molecule has 0 bridgehead atoms. The molecule has 0 aromatic carbocycles. The third-order valence-electron chi connectivity index (χ3n) is 1.39. The van der Waals surface area contributed by atoms with Crippen molar-refractivity contribution in [1.29, 1.82) is 0 Å². The topological polar surface area (TPSA) is 26.3 Å². The van der Waals surface area contributed by atoms with Gasteiger partial charge in [0.25, 0.3) is 0 Å². The first-order valence-electron chi connectivity index (χ1n) is 3.27. The van der Waals surface area contributed by atoms with Gasteiger partial charge in [-0.3, -0.25) is 0 Å². The highest BCUT2D eigenvalue weighted by atomic mass is 127. The third-order valence-corrected chi connectivity index (χ3v) is 2.55. The molecule has 2 nitrogen and oxygen atoms in total. The molecule has 0 radical (unpaired) electrons. The van der Waals surface area contributed by atoms with E-state index in [2.05, 4.69) is 45.2 Å². The molecule has 2 heterocycles. The van der Waals surface area contributed by atoms with Gasteiger partial charge in [-0.05, 0) is 69.4 Å². The molecule has 2 rings (SSSR count). The second-order valence-corrected chi connectivity index (χ2v) is 4.33. The van der Waals surface area contributed by atoms with E-state index >= 15 is 0 Å². The highest BCUT2D eigenvalue weighted by Crippen LogP contribution is 2.25. The summed E-state index contributed by atoms with van der Waals surface area (Å²) in [7, 11) is 0. The van der Waals surface area contributed by atoms with E-state index in [1.54, 1.807) is 0 Å². The number of halogens is 2. The normalized spacial score (nSPS) is 10.5. The van der Waals surface area contributed by atoms with Crippen LogP contribution in [0.5, 0.6) is 0 Å². The average molecular weight is 386 g/mol. The zero-order valence-corrected chi connectivity index (χ0v) is 10.2. The lowest BCUT2D eigenvalue weighted by Gasteiger charge is -1.87. The Morgan fingerprint density at radius 2 is 1.17 bits per heavy atom. The van der Waals surface area contributed by atoms with E-state index in [9.17, 15) is 0 Å². The molecule has 0 fully saturated rings. The lowest BCUT2D eigenvalue weighted by atomic mass is 10.3. The number of furan rings is 2. The van der Waals surface area contributed by atoms with Gasteiger partial charge in [-0.15, -0.1) is 0 Å². The number of hydrogen-bond donors (Lipinski definition) is 0. The molecule has 2 aromatic rings. The summed E-state index contributed by atoms with van der Waals surface area (Å²) in [5, 5.41) is 0. The van der Waals surface area contributed by atoms with E-state index in [1.165, 1.54) is 0 Å². The summed E-state index contributed by atoms with van der Waals surface area (Å²) in [5.41, 5.74) is 0. The largest absolute Gasteiger partial charge is 0.447 e. The van der Waals surface area contributed by atoms with Crippen LogP contribution in [0, 0.1) is 7.53 Å². The zero-order valence-electron chi connectivity index (χ0n) is 5.88. The van der Waals surface area contributed by atoms with E-state index < -0.39 is 0 Å². The maximum absolute atomic E-state index is 5.37. The van der Waals surface area contributed by atoms with Crippen LogP contribution in [-0.2, 0) is 0 Å². The summed E-state index contributed by atoms with van der Waals surface area (Å²) in [6, 6.07) is 7.62. The summed E-state index contributed by atoms with van der Waals surface area (Å²) in [6.07, 6.45) is 0. The van der Waals surface area contributed by atoms with Crippen molar-refractivity contribution in [2.75, 3.05) is 0 Å². The fourth-order valence-electron chi connectivity index (χ4n) is 0.893. The van der Waals surface area contributed by atoms with Crippen molar-refractivity contribution in [3.63, 3.8) is 0 Å². The van der Waals surface area contributed by atoms with Crippen LogP contribution in [0.4, 0.5) is 0 Å². The molecule has 0 N–H and O–H groups in total. The van der Waals surface area contributed by atoms with Crippen molar-refractivity contribution in [3.8, 4) is 11.5 Å². The van der Waals surface area contributed by atoms with Crippen LogP contribution in [0.15, 0.2) is 33.1 Å². The van der Waals surface area contributed by atoms with Crippen molar-refractivity contribution < 1.29 is 8.83 Å². The van der Waals surface area contributed by atoms with Gasteiger partial charge in [0.15, 0.2) is 19.1 Å². The molecule has 0 atom stereocenters. The van der Waals surface area contributed by atoms with Gasteiger partial charge in [-0.1, -0.05) is 0 Å². The smallest absolute Gasteiger partial charge is 0.170 e. The first kappa shape index (κ1) is 8.61. The molecule has 0 saturated heterocycles. The van der Waals surface area contributed by atoms with Crippen LogP contribution in [0.3, 0.4) is 0 Å². The Labute approximate surface area is 96.6 Å². The van der Waals surface area contributed by atoms with Crippen LogP contribution in [0.25, 0.3) is 11.5 Å². The van der Waals surface area contributed by atoms with E-state index in [0.717, 1.165) is 19.1 Å². The van der Waals surface area contributed by atoms with Crippen LogP contribution in [-0.4, -0.2) is 0 Å². The van der Waals surface area contributed by atoms with E-state index in [-0.39, 0.29) is 0 Å². The van der Waals surface area contributed by atoms with E-state index in [4.69, 9.17) is 8.83 Å². The minimum atomic E-state index is 0.780. The molecule has 4 heteroatoms. The molecule has 12 heavy (non-hydrogen) atoms. The molecule has 0 amide bonds. The van der Waals surface area contributed by atoms with Gasteiger partial charge in [0.05, 0.1) is 0 Å². The van der Waals surface area contributed by atoms with Crippen LogP contribution >= 0.6 is 45.2 Å². The molecule has 0 spiro atoms. The maximum Gasteiger partial charge on any atom is 0.170 e. The highest BCUT2D eigenvalue weighted by Gasteiger charge is 2.06. The fourth-order valence-corrected chi connectivity index (χ4v) is 1.73. The van der Waals surface area contributed by atoms with Crippen molar-refractivity contribution in [2.24, 2.45) is 0 Å². The summed E-state index contributed by atoms with van der Waals surface area (Å²) in [5.74, 6) is 1.56. The summed E-state index contributed by atoms with van der Waals surface area (Å²) < 4.78 is 12.5. The second-order valence-electron chi connectivity index (χ2n) is 2.21. The van der Waals surface area contributed by atoms with Gasteiger partial charge < -0.3 is 8.83 Å². The van der Waals surface area contributed by atoms with Gasteiger partial charge in [0.2, 0.25) is 0 Å². The van der Waals surface area contributed by atoms with Crippen molar-refractivity contribution in [3.05, 3.63) is 31.8 Å². The molecule has 0 aliphatic heterocycles. The average Bonchev–Trinajstić information content (AvgIpc) is 2.58. The lowest BCUT2D eigenvalue weighted by Crippen LogP contribution is -1.63. The predicted molar refractivity (Wildman–Crippen MR) is 61.8 cm³/mol. The maximum atomic E-state index is 5.37. The zero-order chi connectivity index (χ0) is 8.55. The molecule has 0 saturated carbocycles. The molecule has 2 aromatic heterocycles. The van der Waals surface area contributed by atoms with Crippen molar-refractivity contribution in [1.82, 2.24) is 0 Å². The van der Waals surface area contributed by atoms with E-state index in [1.807, 2.05) is 24.3 Å². The molecule has 0 unspecified atom stereocenters. The Bertz CT molecular complexity index is 351. The quantitative estimate of drug-likeness (QED) is 0.699. The summed E-state index contributed by atoms with van der Waals surface area (Å²) in [4.78, 5) is 0. The first-order chi connectivity index (χ1) is 5.75. The van der Waals surface area contributed by atoms with Crippen molar-refractivity contribution in [2.45, 2.75) is 0 Å². The minimum Gasteiger partial charge on any atom is -0.447 e. The third kappa shape index (κ3) is 1.68. The fraction of sp³-hybridized carbons (Fsp3) is 0. The Hall–Kier alpha value is 0.0200. The Kier molecular flexibility index (Phi) is 2.44. The van der Waals surface area contributed by atoms with Gasteiger partial charge in [-0.25, -0.2) is 0 Å². The SMILES string of the molecule is Ic1ccc(-c2ccc(I)o2)o1. The van der Waals surface area contributed by atoms with Gasteiger partial charge >= 0.3 is 0 Å². The van der Waals surface area contributed by atoms with E-state index in [0.29, 0.717) is 0 Å². The summed E-state index contributed by atoms with van der Waals surface area (Å²) in [6.45, 7) is 0. The lowest BCUT2D eigenvalue weighted by molar-refractivity contribution is 0.497. The van der Waals surface area contributed by atoms with Crippen LogP contribution in [0.1, 0.15) is 0 Å². The molecule has 0 aliphatic rings. The van der Waals surface area contributed by atoms with Gasteiger partial charge in [-0.2, -0.15) is 0 Å². The molecular formula is C8H4I2O2. The summed E-state index contributed by atoms with van der Waals surface area (Å²) >= 11 is 4.25. The Morgan fingerprint density at radius 3 is 1.42 bits per heavy atom. The van der Waals surface area contributed by atoms with Gasteiger partial charge in [0, 0.05) is 0 Å². The molecule has 62 valence electrons. The standard InChI is InChI=1S/C8H4I2O2/c9-7-3-1-5(11-7)6-2-4-8(10)12-6/h1-4H. The minimum absolute atomic E-state index is 0.780. The predicted octanol–water partition coefficient (Wildman–Crippen LogP) is 3.75. The highest BCUT2D eigenvalue weighted by molar-refractivity contribution is 14.1. The molecule has 0 aliphatic carbocycles. The van der Waals surface area contributed by atoms with Crippen LogP contribution in [0.2, 0.25) is 0 Å². The Morgan fingerprint density at radius 1 is 0.750 bits per heavy atom. The monoisotopic (exact) mass is 386 g/mol. The first-order valence-corrected chi connectivity index (χ1v) is 5.42. The Balaban J connectivity index is 2.43. The van der Waals surface area contributed by atoms with Crippen molar-refractivity contribution >= 4 is 45.2 Å². The number of hydrogen-bond acceptors (Lipinski definition) is 2. The second kappa shape index (κ2) is 3.41. The number of rotatable bonds is 1. The van der Waals surface area contributed by atoms with Crippen LogP contribution < -0.4 is 0 Å². The molecular weight excluding hydrogens is 382 g/mol. The van der Waals surface area contributed by atoms with Gasteiger partial charge in [0.1, 0.15) is 0 Å².